The van der Waals surface area contributed by atoms with Crippen molar-refractivity contribution >= 4 is 12.0 Å². The van der Waals surface area contributed by atoms with Gasteiger partial charge in [0.2, 0.25) is 0 Å². The number of aliphatic hydroxyl groups excluding tert-OH is 1. The van der Waals surface area contributed by atoms with E-state index < -0.39 is 5.97 Å². The smallest absolute Gasteiger partial charge is 0.317 e. The molecule has 1 saturated heterocycles. The number of nitrogens with zero attached hydrogens (tertiary/aromatic N) is 1. The average Bonchev–Trinajstić information content (AvgIpc) is 2.90. The molecule has 0 radical (unpaired) electrons. The summed E-state index contributed by atoms with van der Waals surface area (Å²) in [6.07, 6.45) is 3.40. The highest BCUT2D eigenvalue weighted by Gasteiger charge is 2.27. The molecule has 1 heterocycles. The molecule has 2 atom stereocenters. The molecule has 1 fully saturated rings. The minimum atomic E-state index is -0.771. The van der Waals surface area contributed by atoms with Crippen molar-refractivity contribution in [2.45, 2.75) is 52.0 Å². The molecule has 0 aromatic heterocycles. The van der Waals surface area contributed by atoms with E-state index in [0.717, 1.165) is 19.3 Å². The average molecular weight is 300 g/mol. The van der Waals surface area contributed by atoms with Crippen molar-refractivity contribution < 1.29 is 19.8 Å². The maximum absolute atomic E-state index is 12.0. The fourth-order valence-electron chi connectivity index (χ4n) is 2.88. The number of urea groups is 1. The van der Waals surface area contributed by atoms with Gasteiger partial charge in [0, 0.05) is 19.5 Å². The van der Waals surface area contributed by atoms with Gasteiger partial charge in [-0.25, -0.2) is 4.79 Å². The molecular weight excluding hydrogens is 272 g/mol. The van der Waals surface area contributed by atoms with Crippen molar-refractivity contribution in [2.24, 2.45) is 11.8 Å². The number of amides is 2. The van der Waals surface area contributed by atoms with Gasteiger partial charge in [-0.3, -0.25) is 4.79 Å². The zero-order chi connectivity index (χ0) is 15.8. The van der Waals surface area contributed by atoms with E-state index in [4.69, 9.17) is 5.11 Å². The first kappa shape index (κ1) is 17.8. The molecule has 21 heavy (non-hydrogen) atoms. The van der Waals surface area contributed by atoms with Crippen LogP contribution in [0.1, 0.15) is 46.0 Å². The highest BCUT2D eigenvalue weighted by molar-refractivity contribution is 5.74. The Kier molecular flexibility index (Phi) is 7.50. The fraction of sp³-hybridized carbons (Fsp3) is 0.867. The van der Waals surface area contributed by atoms with Gasteiger partial charge in [-0.1, -0.05) is 13.8 Å². The first-order chi connectivity index (χ1) is 9.95. The van der Waals surface area contributed by atoms with E-state index >= 15 is 0 Å². The van der Waals surface area contributed by atoms with E-state index in [2.05, 4.69) is 19.2 Å². The van der Waals surface area contributed by atoms with E-state index in [9.17, 15) is 14.7 Å². The summed E-state index contributed by atoms with van der Waals surface area (Å²) >= 11 is 0. The van der Waals surface area contributed by atoms with Crippen molar-refractivity contribution in [1.29, 1.82) is 0 Å². The number of carbonyl (C=O) groups excluding carboxylic acids is 1. The Morgan fingerprint density at radius 2 is 2.05 bits per heavy atom. The number of aliphatic hydroxyl groups is 1. The Labute approximate surface area is 126 Å². The van der Waals surface area contributed by atoms with E-state index in [1.165, 1.54) is 0 Å². The van der Waals surface area contributed by atoms with Crippen molar-refractivity contribution in [3.05, 3.63) is 0 Å². The molecule has 0 aromatic rings. The van der Waals surface area contributed by atoms with Crippen LogP contribution in [0.15, 0.2) is 0 Å². The Balaban J connectivity index is 2.32. The van der Waals surface area contributed by atoms with Gasteiger partial charge in [0.1, 0.15) is 0 Å². The van der Waals surface area contributed by atoms with Crippen molar-refractivity contribution in [3.8, 4) is 0 Å². The molecule has 6 heteroatoms. The summed E-state index contributed by atoms with van der Waals surface area (Å²) < 4.78 is 0. The highest BCUT2D eigenvalue weighted by Crippen LogP contribution is 2.21. The Morgan fingerprint density at radius 3 is 2.62 bits per heavy atom. The topological polar surface area (TPSA) is 89.9 Å². The SMILES string of the molecule is CC(C)C(CCNC(=O)N1CCCC1CO)CCC(=O)O. The number of nitrogens with one attached hydrogen (secondary N) is 1. The monoisotopic (exact) mass is 300 g/mol. The molecule has 0 saturated carbocycles. The first-order valence-electron chi connectivity index (χ1n) is 7.82. The van der Waals surface area contributed by atoms with Crippen LogP contribution < -0.4 is 5.32 Å². The summed E-state index contributed by atoms with van der Waals surface area (Å²) in [5, 5.41) is 20.9. The van der Waals surface area contributed by atoms with Crippen LogP contribution in [0.2, 0.25) is 0 Å². The van der Waals surface area contributed by atoms with Crippen LogP contribution in [0.4, 0.5) is 4.79 Å². The summed E-state index contributed by atoms with van der Waals surface area (Å²) in [4.78, 5) is 24.4. The number of aliphatic carboxylic acids is 1. The number of carboxylic acids is 1. The molecule has 6 nitrogen and oxygen atoms in total. The minimum absolute atomic E-state index is 0.0145. The second kappa shape index (κ2) is 8.87. The van der Waals surface area contributed by atoms with Crippen LogP contribution in [-0.4, -0.2) is 52.9 Å². The minimum Gasteiger partial charge on any atom is -0.481 e. The molecule has 2 amide bonds. The number of likely N-dealkylation sites (tertiary alicyclic amines) is 1. The predicted molar refractivity (Wildman–Crippen MR) is 80.0 cm³/mol. The predicted octanol–water partition coefficient (Wildman–Crippen LogP) is 1.68. The summed E-state index contributed by atoms with van der Waals surface area (Å²) in [7, 11) is 0. The van der Waals surface area contributed by atoms with Gasteiger partial charge in [-0.2, -0.15) is 0 Å². The van der Waals surface area contributed by atoms with Crippen LogP contribution in [0.5, 0.6) is 0 Å². The molecule has 1 aliphatic heterocycles. The number of hydrogen-bond donors (Lipinski definition) is 3. The maximum Gasteiger partial charge on any atom is 0.317 e. The summed E-state index contributed by atoms with van der Waals surface area (Å²) in [5.74, 6) is -0.0700. The Bertz CT molecular complexity index is 347. The zero-order valence-corrected chi connectivity index (χ0v) is 13.0. The normalized spacial score (nSPS) is 19.8. The summed E-state index contributed by atoms with van der Waals surface area (Å²) in [6, 6.07) is -0.176. The molecule has 0 aromatic carbocycles. The van der Waals surface area contributed by atoms with Crippen LogP contribution in [-0.2, 0) is 4.79 Å². The number of carbonyl (C=O) groups is 2. The van der Waals surface area contributed by atoms with Gasteiger partial charge in [0.25, 0.3) is 0 Å². The molecule has 3 N–H and O–H groups in total. The third kappa shape index (κ3) is 5.91. The van der Waals surface area contributed by atoms with Crippen LogP contribution in [0, 0.1) is 11.8 Å². The first-order valence-corrected chi connectivity index (χ1v) is 7.82. The van der Waals surface area contributed by atoms with Gasteiger partial charge in [-0.05, 0) is 37.5 Å². The Morgan fingerprint density at radius 1 is 1.33 bits per heavy atom. The largest absolute Gasteiger partial charge is 0.481 e. The molecule has 2 unspecified atom stereocenters. The lowest BCUT2D eigenvalue weighted by atomic mass is 9.88. The van der Waals surface area contributed by atoms with E-state index in [1.54, 1.807) is 4.90 Å². The molecular formula is C15H28N2O4. The lowest BCUT2D eigenvalue weighted by Gasteiger charge is -2.25. The second-order valence-electron chi connectivity index (χ2n) is 6.13. The maximum atomic E-state index is 12.0. The van der Waals surface area contributed by atoms with Gasteiger partial charge in [-0.15, -0.1) is 0 Å². The van der Waals surface area contributed by atoms with Crippen LogP contribution >= 0.6 is 0 Å². The number of carboxylic acid groups (broad SMARTS) is 1. The quantitative estimate of drug-likeness (QED) is 0.636. The van der Waals surface area contributed by atoms with E-state index in [-0.39, 0.29) is 25.1 Å². The molecule has 0 bridgehead atoms. The Hall–Kier alpha value is -1.30. The summed E-state index contributed by atoms with van der Waals surface area (Å²) in [6.45, 7) is 5.42. The summed E-state index contributed by atoms with van der Waals surface area (Å²) in [5.41, 5.74) is 0. The van der Waals surface area contributed by atoms with Gasteiger partial charge in [0.15, 0.2) is 0 Å². The van der Waals surface area contributed by atoms with Crippen molar-refractivity contribution in [1.82, 2.24) is 10.2 Å². The highest BCUT2D eigenvalue weighted by atomic mass is 16.4. The lowest BCUT2D eigenvalue weighted by Crippen LogP contribution is -2.44. The van der Waals surface area contributed by atoms with Crippen molar-refractivity contribution in [2.75, 3.05) is 19.7 Å². The van der Waals surface area contributed by atoms with Crippen LogP contribution in [0.3, 0.4) is 0 Å². The van der Waals surface area contributed by atoms with Gasteiger partial charge < -0.3 is 20.4 Å². The molecule has 122 valence electrons. The van der Waals surface area contributed by atoms with Gasteiger partial charge >= 0.3 is 12.0 Å². The van der Waals surface area contributed by atoms with E-state index in [1.807, 2.05) is 0 Å². The third-order valence-corrected chi connectivity index (χ3v) is 4.31. The molecule has 1 rings (SSSR count). The standard InChI is InChI=1S/C15H28N2O4/c1-11(2)12(5-6-14(19)20)7-8-16-15(21)17-9-3-4-13(17)10-18/h11-13,18H,3-10H2,1-2H3,(H,16,21)(H,19,20). The van der Waals surface area contributed by atoms with Crippen LogP contribution in [0.25, 0.3) is 0 Å². The molecule has 1 aliphatic rings. The fourth-order valence-corrected chi connectivity index (χ4v) is 2.88. The third-order valence-electron chi connectivity index (χ3n) is 4.31. The molecule has 0 spiro atoms. The second-order valence-corrected chi connectivity index (χ2v) is 6.13. The van der Waals surface area contributed by atoms with Crippen molar-refractivity contribution in [3.63, 3.8) is 0 Å². The number of hydrogen-bond acceptors (Lipinski definition) is 3. The lowest BCUT2D eigenvalue weighted by molar-refractivity contribution is -0.137. The number of rotatable bonds is 8. The zero-order valence-electron chi connectivity index (χ0n) is 13.0. The van der Waals surface area contributed by atoms with Gasteiger partial charge in [0.05, 0.1) is 12.6 Å². The van der Waals surface area contributed by atoms with E-state index in [0.29, 0.717) is 31.3 Å². The molecule has 0 aliphatic carbocycles.